The number of aromatic amines is 1. The summed E-state index contributed by atoms with van der Waals surface area (Å²) >= 11 is 0. The van der Waals surface area contributed by atoms with Gasteiger partial charge in [-0.1, -0.05) is 60.7 Å². The van der Waals surface area contributed by atoms with Crippen molar-refractivity contribution in [3.63, 3.8) is 0 Å². The Hall–Kier alpha value is -3.40. The van der Waals surface area contributed by atoms with Crippen LogP contribution in [-0.2, 0) is 11.3 Å². The minimum Gasteiger partial charge on any atom is -0.457 e. The van der Waals surface area contributed by atoms with Gasteiger partial charge in [0, 0.05) is 17.0 Å². The monoisotopic (exact) mass is 329 g/mol. The van der Waals surface area contributed by atoms with Gasteiger partial charge in [0.1, 0.15) is 6.61 Å². The van der Waals surface area contributed by atoms with Gasteiger partial charge in [-0.15, -0.1) is 0 Å². The molecule has 0 bridgehead atoms. The summed E-state index contributed by atoms with van der Waals surface area (Å²) in [5.41, 5.74) is 1.50. The highest BCUT2D eigenvalue weighted by molar-refractivity contribution is 6.03. The number of benzene rings is 3. The fourth-order valence-corrected chi connectivity index (χ4v) is 3.01. The van der Waals surface area contributed by atoms with E-state index in [2.05, 4.69) is 4.98 Å². The molecule has 0 amide bonds. The Morgan fingerprint density at radius 3 is 2.48 bits per heavy atom. The molecule has 0 unspecified atom stereocenters. The maximum Gasteiger partial charge on any atom is 0.339 e. The number of para-hydroxylation sites is 1. The molecule has 0 radical (unpaired) electrons. The van der Waals surface area contributed by atoms with Gasteiger partial charge in [0.25, 0.3) is 0 Å². The average molecular weight is 329 g/mol. The number of fused-ring (bicyclic) bond motifs is 2. The van der Waals surface area contributed by atoms with Crippen molar-refractivity contribution in [1.29, 1.82) is 0 Å². The Kier molecular flexibility index (Phi) is 3.78. The van der Waals surface area contributed by atoms with Crippen LogP contribution in [0, 0.1) is 0 Å². The van der Waals surface area contributed by atoms with E-state index in [4.69, 9.17) is 4.74 Å². The van der Waals surface area contributed by atoms with E-state index in [1.807, 2.05) is 54.6 Å². The van der Waals surface area contributed by atoms with Crippen molar-refractivity contribution in [2.75, 3.05) is 0 Å². The second-order valence-corrected chi connectivity index (χ2v) is 5.81. The molecule has 0 atom stereocenters. The van der Waals surface area contributed by atoms with Gasteiger partial charge in [-0.05, 0) is 22.4 Å². The van der Waals surface area contributed by atoms with Crippen LogP contribution in [-0.4, -0.2) is 11.0 Å². The highest BCUT2D eigenvalue weighted by Crippen LogP contribution is 2.21. The standard InChI is InChI=1S/C21H15NO3/c23-20-12-18(17-10-3-4-11-19(17)22-20)21(24)25-13-15-8-5-7-14-6-1-2-9-16(14)15/h1-12H,13H2,(H,22,23). The van der Waals surface area contributed by atoms with E-state index in [0.29, 0.717) is 10.9 Å². The predicted molar refractivity (Wildman–Crippen MR) is 97.6 cm³/mol. The van der Waals surface area contributed by atoms with E-state index >= 15 is 0 Å². The minimum atomic E-state index is -0.504. The van der Waals surface area contributed by atoms with Gasteiger partial charge < -0.3 is 9.72 Å². The lowest BCUT2D eigenvalue weighted by Gasteiger charge is -2.09. The maximum absolute atomic E-state index is 12.5. The lowest BCUT2D eigenvalue weighted by molar-refractivity contribution is 0.0476. The van der Waals surface area contributed by atoms with Crippen molar-refractivity contribution in [3.05, 3.63) is 94.3 Å². The number of H-pyrrole nitrogens is 1. The Morgan fingerprint density at radius 2 is 1.60 bits per heavy atom. The van der Waals surface area contributed by atoms with Crippen LogP contribution in [0.3, 0.4) is 0 Å². The molecule has 122 valence electrons. The molecular weight excluding hydrogens is 314 g/mol. The topological polar surface area (TPSA) is 59.2 Å². The first kappa shape index (κ1) is 15.1. The number of pyridine rings is 1. The Morgan fingerprint density at radius 1 is 0.880 bits per heavy atom. The first-order chi connectivity index (χ1) is 12.2. The van der Waals surface area contributed by atoms with Crippen LogP contribution in [0.4, 0.5) is 0 Å². The second kappa shape index (κ2) is 6.24. The first-order valence-electron chi connectivity index (χ1n) is 7.98. The van der Waals surface area contributed by atoms with Gasteiger partial charge in [0.05, 0.1) is 5.56 Å². The van der Waals surface area contributed by atoms with Crippen molar-refractivity contribution in [3.8, 4) is 0 Å². The molecule has 0 fully saturated rings. The summed E-state index contributed by atoms with van der Waals surface area (Å²) in [6.45, 7) is 0.154. The van der Waals surface area contributed by atoms with Gasteiger partial charge >= 0.3 is 5.97 Å². The van der Waals surface area contributed by atoms with Crippen LogP contribution in [0.25, 0.3) is 21.7 Å². The number of aromatic nitrogens is 1. The number of carbonyl (C=O) groups is 1. The summed E-state index contributed by atoms with van der Waals surface area (Å²) in [7, 11) is 0. The molecule has 4 nitrogen and oxygen atoms in total. The molecule has 3 aromatic carbocycles. The summed E-state index contributed by atoms with van der Waals surface area (Å²) in [5, 5.41) is 2.82. The predicted octanol–water partition coefficient (Wildman–Crippen LogP) is 4.04. The van der Waals surface area contributed by atoms with E-state index < -0.39 is 5.97 Å². The van der Waals surface area contributed by atoms with Gasteiger partial charge in [-0.25, -0.2) is 4.79 Å². The SMILES string of the molecule is O=C(OCc1cccc2ccccc12)c1cc(=O)[nH]c2ccccc12. The zero-order valence-corrected chi connectivity index (χ0v) is 13.4. The quantitative estimate of drug-likeness (QED) is 0.577. The molecule has 1 aromatic heterocycles. The third kappa shape index (κ3) is 2.90. The van der Waals surface area contributed by atoms with Crippen molar-refractivity contribution >= 4 is 27.6 Å². The van der Waals surface area contributed by atoms with Crippen LogP contribution in [0.5, 0.6) is 0 Å². The summed E-state index contributed by atoms with van der Waals surface area (Å²) < 4.78 is 5.49. The summed E-state index contributed by atoms with van der Waals surface area (Å²) in [5.74, 6) is -0.504. The van der Waals surface area contributed by atoms with Gasteiger partial charge in [0.15, 0.2) is 0 Å². The molecule has 1 N–H and O–H groups in total. The van der Waals surface area contributed by atoms with Crippen molar-refractivity contribution in [1.82, 2.24) is 4.98 Å². The normalized spacial score (nSPS) is 10.9. The zero-order valence-electron chi connectivity index (χ0n) is 13.4. The number of hydrogen-bond acceptors (Lipinski definition) is 3. The van der Waals surface area contributed by atoms with E-state index in [1.54, 1.807) is 12.1 Å². The molecule has 0 aliphatic carbocycles. The fraction of sp³-hybridized carbons (Fsp3) is 0.0476. The highest BCUT2D eigenvalue weighted by Gasteiger charge is 2.13. The Labute approximate surface area is 143 Å². The molecule has 0 saturated carbocycles. The van der Waals surface area contributed by atoms with Gasteiger partial charge in [0.2, 0.25) is 5.56 Å². The maximum atomic E-state index is 12.5. The number of esters is 1. The second-order valence-electron chi connectivity index (χ2n) is 5.81. The van der Waals surface area contributed by atoms with Crippen LogP contribution in [0.1, 0.15) is 15.9 Å². The molecule has 25 heavy (non-hydrogen) atoms. The molecule has 4 heteroatoms. The fourth-order valence-electron chi connectivity index (χ4n) is 3.01. The summed E-state index contributed by atoms with van der Waals surface area (Å²) in [6.07, 6.45) is 0. The molecule has 1 heterocycles. The number of carbonyl (C=O) groups excluding carboxylic acids is 1. The van der Waals surface area contributed by atoms with Gasteiger partial charge in [-0.3, -0.25) is 4.79 Å². The summed E-state index contributed by atoms with van der Waals surface area (Å²) in [4.78, 5) is 27.1. The van der Waals surface area contributed by atoms with Crippen LogP contribution >= 0.6 is 0 Å². The highest BCUT2D eigenvalue weighted by atomic mass is 16.5. The van der Waals surface area contributed by atoms with Crippen LogP contribution in [0.15, 0.2) is 77.6 Å². The largest absolute Gasteiger partial charge is 0.457 e. The van der Waals surface area contributed by atoms with Crippen LogP contribution in [0.2, 0.25) is 0 Å². The lowest BCUT2D eigenvalue weighted by atomic mass is 10.1. The van der Waals surface area contributed by atoms with Crippen molar-refractivity contribution in [2.45, 2.75) is 6.61 Å². The zero-order chi connectivity index (χ0) is 17.2. The van der Waals surface area contributed by atoms with E-state index in [-0.39, 0.29) is 17.7 Å². The molecule has 0 aliphatic rings. The third-order valence-electron chi connectivity index (χ3n) is 4.21. The van der Waals surface area contributed by atoms with Crippen LogP contribution < -0.4 is 5.56 Å². The minimum absolute atomic E-state index is 0.154. The van der Waals surface area contributed by atoms with Crippen molar-refractivity contribution in [2.24, 2.45) is 0 Å². The number of ether oxygens (including phenoxy) is 1. The first-order valence-corrected chi connectivity index (χ1v) is 7.98. The smallest absolute Gasteiger partial charge is 0.339 e. The molecule has 4 aromatic rings. The van der Waals surface area contributed by atoms with E-state index in [1.165, 1.54) is 6.07 Å². The summed E-state index contributed by atoms with van der Waals surface area (Å²) in [6, 6.07) is 22.3. The number of rotatable bonds is 3. The molecule has 0 aliphatic heterocycles. The molecule has 0 spiro atoms. The molecule has 0 saturated heterocycles. The molecular formula is C21H15NO3. The Bertz CT molecular complexity index is 1140. The molecule has 4 rings (SSSR count). The number of nitrogens with one attached hydrogen (secondary N) is 1. The third-order valence-corrected chi connectivity index (χ3v) is 4.21. The van der Waals surface area contributed by atoms with Crippen molar-refractivity contribution < 1.29 is 9.53 Å². The Balaban J connectivity index is 1.66. The lowest BCUT2D eigenvalue weighted by Crippen LogP contribution is -2.13. The van der Waals surface area contributed by atoms with E-state index in [0.717, 1.165) is 16.3 Å². The van der Waals surface area contributed by atoms with E-state index in [9.17, 15) is 9.59 Å². The van der Waals surface area contributed by atoms with Gasteiger partial charge in [-0.2, -0.15) is 0 Å². The average Bonchev–Trinajstić information content (AvgIpc) is 2.65. The number of hydrogen-bond donors (Lipinski definition) is 1.